The van der Waals surface area contributed by atoms with Crippen LogP contribution in [0.25, 0.3) is 21.1 Å². The topological polar surface area (TPSA) is 105 Å². The average molecular weight is 593 g/mol. The maximum absolute atomic E-state index is 13.7. The van der Waals surface area contributed by atoms with Gasteiger partial charge in [-0.1, -0.05) is 53.8 Å². The number of aromatic nitrogens is 6. The molecule has 4 heterocycles. The molecule has 7 rings (SSSR count). The number of hydrogen-bond acceptors (Lipinski definition) is 9. The summed E-state index contributed by atoms with van der Waals surface area (Å²) in [5.74, 6) is 1.43. The highest BCUT2D eigenvalue weighted by Crippen LogP contribution is 2.32. The Labute approximate surface area is 252 Å². The zero-order valence-corrected chi connectivity index (χ0v) is 24.7. The fourth-order valence-electron chi connectivity index (χ4n) is 5.77. The minimum absolute atomic E-state index is 0.145. The third-order valence-electron chi connectivity index (χ3n) is 7.94. The normalized spacial score (nSPS) is 14.9. The number of pyridine rings is 1. The molecule has 3 aromatic heterocycles. The van der Waals surface area contributed by atoms with Gasteiger partial charge in [0.05, 0.1) is 16.8 Å². The van der Waals surface area contributed by atoms with E-state index in [0.29, 0.717) is 24.5 Å². The van der Waals surface area contributed by atoms with Crippen LogP contribution < -0.4 is 15.2 Å². The van der Waals surface area contributed by atoms with Gasteiger partial charge >= 0.3 is 0 Å². The average Bonchev–Trinajstić information content (AvgIpc) is 3.69. The summed E-state index contributed by atoms with van der Waals surface area (Å²) in [6, 6.07) is 25.8. The lowest BCUT2D eigenvalue weighted by Crippen LogP contribution is -2.49. The van der Waals surface area contributed by atoms with E-state index in [9.17, 15) is 4.79 Å². The molecule has 0 radical (unpaired) electrons. The van der Waals surface area contributed by atoms with Crippen molar-refractivity contribution in [3.05, 3.63) is 106 Å². The standard InChI is InChI=1S/C32H32N8O2S/c1-2-42-24-12-13-26-23(20-24)21-25(31(41)33-26)29(30-35-36-37-40(30)15-14-22-8-4-3-5-9-22)38-16-18-39(19-17-38)32-34-27-10-6-7-11-28(27)43-32/h3-13,20-21,29H,2,14-19H2,1H3,(H,33,41)/t29-/m0/s1. The molecule has 3 aromatic carbocycles. The lowest BCUT2D eigenvalue weighted by molar-refractivity contribution is 0.199. The van der Waals surface area contributed by atoms with Crippen molar-refractivity contribution >= 4 is 37.6 Å². The van der Waals surface area contributed by atoms with Crippen molar-refractivity contribution in [3.8, 4) is 5.75 Å². The number of para-hydroxylation sites is 1. The molecule has 10 nitrogen and oxygen atoms in total. The molecular weight excluding hydrogens is 560 g/mol. The van der Waals surface area contributed by atoms with Crippen molar-refractivity contribution in [1.29, 1.82) is 0 Å². The first-order valence-electron chi connectivity index (χ1n) is 14.6. The molecule has 1 atom stereocenters. The summed E-state index contributed by atoms with van der Waals surface area (Å²) in [6.45, 7) is 6.14. The molecule has 1 fully saturated rings. The van der Waals surface area contributed by atoms with E-state index in [1.165, 1.54) is 10.3 Å². The zero-order valence-electron chi connectivity index (χ0n) is 23.9. The van der Waals surface area contributed by atoms with Crippen LogP contribution in [0, 0.1) is 0 Å². The molecule has 1 saturated heterocycles. The molecule has 1 N–H and O–H groups in total. The van der Waals surface area contributed by atoms with Crippen LogP contribution in [0.15, 0.2) is 83.7 Å². The predicted octanol–water partition coefficient (Wildman–Crippen LogP) is 4.68. The Morgan fingerprint density at radius 1 is 0.977 bits per heavy atom. The molecule has 0 bridgehead atoms. The maximum atomic E-state index is 13.7. The molecule has 0 saturated carbocycles. The van der Waals surface area contributed by atoms with Crippen LogP contribution in [0.4, 0.5) is 5.13 Å². The number of anilines is 1. The lowest BCUT2D eigenvalue weighted by Gasteiger charge is -2.38. The number of nitrogens with zero attached hydrogens (tertiary/aromatic N) is 7. The van der Waals surface area contributed by atoms with Crippen molar-refractivity contribution in [2.75, 3.05) is 37.7 Å². The van der Waals surface area contributed by atoms with Crippen LogP contribution in [0.1, 0.15) is 29.9 Å². The second-order valence-corrected chi connectivity index (χ2v) is 11.6. The molecule has 218 valence electrons. The van der Waals surface area contributed by atoms with E-state index < -0.39 is 6.04 Å². The Morgan fingerprint density at radius 2 is 1.79 bits per heavy atom. The van der Waals surface area contributed by atoms with Crippen molar-refractivity contribution in [2.24, 2.45) is 0 Å². The lowest BCUT2D eigenvalue weighted by atomic mass is 10.0. The Bertz CT molecular complexity index is 1880. The molecule has 1 aliphatic heterocycles. The van der Waals surface area contributed by atoms with Gasteiger partial charge in [-0.25, -0.2) is 9.67 Å². The fourth-order valence-corrected chi connectivity index (χ4v) is 6.79. The van der Waals surface area contributed by atoms with Gasteiger partial charge in [0.1, 0.15) is 11.8 Å². The summed E-state index contributed by atoms with van der Waals surface area (Å²) >= 11 is 1.72. The Hall–Kier alpha value is -4.61. The van der Waals surface area contributed by atoms with E-state index in [-0.39, 0.29) is 5.56 Å². The number of fused-ring (bicyclic) bond motifs is 2. The Kier molecular flexibility index (Phi) is 7.56. The second kappa shape index (κ2) is 11.9. The van der Waals surface area contributed by atoms with Crippen molar-refractivity contribution in [3.63, 3.8) is 0 Å². The van der Waals surface area contributed by atoms with Crippen LogP contribution in [-0.2, 0) is 13.0 Å². The zero-order chi connectivity index (χ0) is 29.2. The van der Waals surface area contributed by atoms with Gasteiger partial charge < -0.3 is 14.6 Å². The van der Waals surface area contributed by atoms with Gasteiger partial charge in [-0.15, -0.1) is 5.10 Å². The Morgan fingerprint density at radius 3 is 2.60 bits per heavy atom. The van der Waals surface area contributed by atoms with Gasteiger partial charge in [-0.3, -0.25) is 9.69 Å². The first-order chi connectivity index (χ1) is 21.2. The minimum atomic E-state index is -0.424. The number of nitrogens with one attached hydrogen (secondary N) is 1. The maximum Gasteiger partial charge on any atom is 0.253 e. The summed E-state index contributed by atoms with van der Waals surface area (Å²) in [5.41, 5.74) is 3.46. The van der Waals surface area contributed by atoms with Crippen molar-refractivity contribution in [2.45, 2.75) is 25.9 Å². The van der Waals surface area contributed by atoms with Crippen molar-refractivity contribution in [1.82, 2.24) is 35.1 Å². The van der Waals surface area contributed by atoms with Gasteiger partial charge in [-0.2, -0.15) is 0 Å². The van der Waals surface area contributed by atoms with E-state index in [1.807, 2.05) is 66.2 Å². The van der Waals surface area contributed by atoms with Crippen LogP contribution in [0.5, 0.6) is 5.75 Å². The number of hydrogen-bond donors (Lipinski definition) is 1. The summed E-state index contributed by atoms with van der Waals surface area (Å²) < 4.78 is 8.78. The summed E-state index contributed by atoms with van der Waals surface area (Å²) in [5, 5.41) is 14.9. The molecule has 0 amide bonds. The molecule has 6 aromatic rings. The number of benzene rings is 3. The number of aromatic amines is 1. The van der Waals surface area contributed by atoms with Gasteiger partial charge in [-0.05, 0) is 65.7 Å². The van der Waals surface area contributed by atoms with Gasteiger partial charge in [0, 0.05) is 49.2 Å². The molecule has 43 heavy (non-hydrogen) atoms. The first kappa shape index (κ1) is 27.2. The number of piperazine rings is 1. The molecule has 0 aliphatic carbocycles. The highest BCUT2D eigenvalue weighted by Gasteiger charge is 2.33. The molecule has 0 unspecified atom stereocenters. The van der Waals surface area contributed by atoms with Gasteiger partial charge in [0.2, 0.25) is 0 Å². The van der Waals surface area contributed by atoms with Crippen LogP contribution in [0.2, 0.25) is 0 Å². The SMILES string of the molecule is CCOc1ccc2[nH]c(=O)c([C@@H](c3nnnn3CCc3ccccc3)N3CCN(c4nc5ccccc5s4)CC3)cc2c1. The third-order valence-corrected chi connectivity index (χ3v) is 9.04. The third kappa shape index (κ3) is 5.61. The molecule has 0 spiro atoms. The molecule has 11 heteroatoms. The van der Waals surface area contributed by atoms with Crippen LogP contribution in [0.3, 0.4) is 0 Å². The monoisotopic (exact) mass is 592 g/mol. The number of tetrazole rings is 1. The van der Waals surface area contributed by atoms with E-state index in [4.69, 9.17) is 9.72 Å². The highest BCUT2D eigenvalue weighted by atomic mass is 32.1. The smallest absolute Gasteiger partial charge is 0.253 e. The molecule has 1 aliphatic rings. The number of rotatable bonds is 9. The minimum Gasteiger partial charge on any atom is -0.494 e. The quantitative estimate of drug-likeness (QED) is 0.258. The van der Waals surface area contributed by atoms with Crippen LogP contribution in [-0.4, -0.2) is 67.9 Å². The van der Waals surface area contributed by atoms with E-state index in [2.05, 4.69) is 54.6 Å². The molecular formula is C32H32N8O2S. The number of thiazole rings is 1. The summed E-state index contributed by atoms with van der Waals surface area (Å²) in [4.78, 5) is 26.3. The number of ether oxygens (including phenoxy) is 1. The predicted molar refractivity (Wildman–Crippen MR) is 169 cm³/mol. The van der Waals surface area contributed by atoms with E-state index in [1.54, 1.807) is 11.3 Å². The summed E-state index contributed by atoms with van der Waals surface area (Å²) in [6.07, 6.45) is 0.781. The second-order valence-electron chi connectivity index (χ2n) is 10.6. The number of aryl methyl sites for hydroxylation is 2. The largest absolute Gasteiger partial charge is 0.494 e. The van der Waals surface area contributed by atoms with Crippen molar-refractivity contribution < 1.29 is 4.74 Å². The number of H-pyrrole nitrogens is 1. The van der Waals surface area contributed by atoms with Gasteiger partial charge in [0.25, 0.3) is 5.56 Å². The van der Waals surface area contributed by atoms with Gasteiger partial charge in [0.15, 0.2) is 11.0 Å². The Balaban J connectivity index is 1.23. The highest BCUT2D eigenvalue weighted by molar-refractivity contribution is 7.22. The van der Waals surface area contributed by atoms with E-state index >= 15 is 0 Å². The van der Waals surface area contributed by atoms with Crippen LogP contribution >= 0.6 is 11.3 Å². The first-order valence-corrected chi connectivity index (χ1v) is 15.4. The summed E-state index contributed by atoms with van der Waals surface area (Å²) in [7, 11) is 0. The van der Waals surface area contributed by atoms with E-state index in [0.717, 1.165) is 59.9 Å². The fraction of sp³-hybridized carbons (Fsp3) is 0.281.